The first-order chi connectivity index (χ1) is 8.72. The van der Waals surface area contributed by atoms with Gasteiger partial charge in [-0.2, -0.15) is 0 Å². The van der Waals surface area contributed by atoms with Gasteiger partial charge in [-0.15, -0.1) is 0 Å². The highest BCUT2D eigenvalue weighted by Gasteiger charge is 2.03. The molecular weight excluding hydrogens is 226 g/mol. The fourth-order valence-corrected chi connectivity index (χ4v) is 1.87. The number of aromatic nitrogens is 2. The Bertz CT molecular complexity index is 703. The van der Waals surface area contributed by atoms with Crippen LogP contribution in [0.4, 0.5) is 5.69 Å². The van der Waals surface area contributed by atoms with Crippen LogP contribution in [0, 0.1) is 6.92 Å². The molecule has 2 N–H and O–H groups in total. The van der Waals surface area contributed by atoms with E-state index >= 15 is 0 Å². The molecule has 2 aromatic heterocycles. The molecule has 2 heterocycles. The number of ether oxygens (including phenoxy) is 1. The third kappa shape index (κ3) is 1.88. The number of anilines is 1. The molecule has 0 aliphatic rings. The highest BCUT2D eigenvalue weighted by atomic mass is 16.5. The van der Waals surface area contributed by atoms with E-state index in [9.17, 15) is 0 Å². The Balaban J connectivity index is 1.95. The largest absolute Gasteiger partial charge is 0.457 e. The van der Waals surface area contributed by atoms with Crippen LogP contribution in [0.2, 0.25) is 0 Å². The molecule has 0 saturated heterocycles. The van der Waals surface area contributed by atoms with Crippen molar-refractivity contribution in [3.8, 4) is 11.5 Å². The average Bonchev–Trinajstić information content (AvgIpc) is 2.80. The van der Waals surface area contributed by atoms with Crippen LogP contribution in [0.25, 0.3) is 5.65 Å². The van der Waals surface area contributed by atoms with E-state index in [1.165, 1.54) is 0 Å². The molecule has 0 unspecified atom stereocenters. The normalized spacial score (nSPS) is 10.7. The second-order valence-electron chi connectivity index (χ2n) is 4.18. The second-order valence-corrected chi connectivity index (χ2v) is 4.18. The molecule has 0 aliphatic carbocycles. The molecule has 0 fully saturated rings. The lowest BCUT2D eigenvalue weighted by molar-refractivity contribution is 0.478. The van der Waals surface area contributed by atoms with Crippen LogP contribution >= 0.6 is 0 Å². The summed E-state index contributed by atoms with van der Waals surface area (Å²) in [4.78, 5) is 4.22. The Morgan fingerprint density at radius 2 is 2.06 bits per heavy atom. The number of aryl methyl sites for hydroxylation is 1. The molecule has 1 aromatic carbocycles. The zero-order valence-electron chi connectivity index (χ0n) is 10.00. The molecule has 0 radical (unpaired) electrons. The summed E-state index contributed by atoms with van der Waals surface area (Å²) in [6.45, 7) is 1.97. The lowest BCUT2D eigenvalue weighted by Crippen LogP contribution is -1.91. The smallest absolute Gasteiger partial charge is 0.140 e. The minimum absolute atomic E-state index is 0.739. The van der Waals surface area contributed by atoms with Crippen LogP contribution in [0.3, 0.4) is 0 Å². The molecule has 18 heavy (non-hydrogen) atoms. The summed E-state index contributed by atoms with van der Waals surface area (Å²) >= 11 is 0. The first-order valence-electron chi connectivity index (χ1n) is 5.69. The van der Waals surface area contributed by atoms with Crippen LogP contribution in [0.5, 0.6) is 11.5 Å². The van der Waals surface area contributed by atoms with E-state index in [1.807, 2.05) is 54.0 Å². The Labute approximate surface area is 105 Å². The summed E-state index contributed by atoms with van der Waals surface area (Å²) in [6, 6.07) is 9.40. The highest BCUT2D eigenvalue weighted by molar-refractivity contribution is 5.50. The number of nitrogens with two attached hydrogens (primary N) is 1. The van der Waals surface area contributed by atoms with Crippen LogP contribution in [-0.2, 0) is 0 Å². The topological polar surface area (TPSA) is 52.5 Å². The summed E-state index contributed by atoms with van der Waals surface area (Å²) in [5.41, 5.74) is 8.33. The quantitative estimate of drug-likeness (QED) is 0.699. The van der Waals surface area contributed by atoms with E-state index in [-0.39, 0.29) is 0 Å². The number of hydrogen-bond donors (Lipinski definition) is 1. The summed E-state index contributed by atoms with van der Waals surface area (Å²) in [7, 11) is 0. The van der Waals surface area contributed by atoms with Crippen molar-refractivity contribution in [2.24, 2.45) is 0 Å². The van der Waals surface area contributed by atoms with Crippen molar-refractivity contribution in [3.63, 3.8) is 0 Å². The van der Waals surface area contributed by atoms with E-state index < -0.39 is 0 Å². The first kappa shape index (κ1) is 10.7. The van der Waals surface area contributed by atoms with Gasteiger partial charge in [-0.05, 0) is 36.8 Å². The van der Waals surface area contributed by atoms with Crippen LogP contribution in [0.15, 0.2) is 48.9 Å². The molecule has 4 nitrogen and oxygen atoms in total. The van der Waals surface area contributed by atoms with Gasteiger partial charge in [0.25, 0.3) is 0 Å². The Morgan fingerprint density at radius 3 is 2.89 bits per heavy atom. The number of fused-ring (bicyclic) bond motifs is 1. The predicted molar refractivity (Wildman–Crippen MR) is 70.9 cm³/mol. The maximum atomic E-state index is 5.83. The van der Waals surface area contributed by atoms with E-state index in [4.69, 9.17) is 10.5 Å². The van der Waals surface area contributed by atoms with Gasteiger partial charge in [0.05, 0.1) is 0 Å². The molecule has 3 rings (SSSR count). The molecule has 0 amide bonds. The zero-order chi connectivity index (χ0) is 12.5. The van der Waals surface area contributed by atoms with Crippen molar-refractivity contribution in [1.29, 1.82) is 0 Å². The SMILES string of the molecule is Cc1cc(N)ccc1Oc1ccn2ccnc2c1. The fraction of sp³-hybridized carbons (Fsp3) is 0.0714. The van der Waals surface area contributed by atoms with Crippen molar-refractivity contribution in [1.82, 2.24) is 9.38 Å². The van der Waals surface area contributed by atoms with Gasteiger partial charge >= 0.3 is 0 Å². The van der Waals surface area contributed by atoms with Gasteiger partial charge in [0.15, 0.2) is 0 Å². The molecule has 3 aromatic rings. The number of benzene rings is 1. The molecule has 0 atom stereocenters. The maximum absolute atomic E-state index is 5.83. The van der Waals surface area contributed by atoms with E-state index in [0.717, 1.165) is 28.4 Å². The Hall–Kier alpha value is -2.49. The van der Waals surface area contributed by atoms with Gasteiger partial charge in [-0.25, -0.2) is 4.98 Å². The second kappa shape index (κ2) is 4.07. The predicted octanol–water partition coefficient (Wildman–Crippen LogP) is 3.02. The van der Waals surface area contributed by atoms with Gasteiger partial charge in [-0.3, -0.25) is 0 Å². The van der Waals surface area contributed by atoms with Gasteiger partial charge in [-0.1, -0.05) is 0 Å². The highest BCUT2D eigenvalue weighted by Crippen LogP contribution is 2.26. The molecule has 0 bridgehead atoms. The lowest BCUT2D eigenvalue weighted by atomic mass is 10.2. The third-order valence-corrected chi connectivity index (χ3v) is 2.80. The van der Waals surface area contributed by atoms with Crippen LogP contribution in [0.1, 0.15) is 5.56 Å². The number of hydrogen-bond acceptors (Lipinski definition) is 3. The van der Waals surface area contributed by atoms with Crippen molar-refractivity contribution in [2.75, 3.05) is 5.73 Å². The van der Waals surface area contributed by atoms with Gasteiger partial charge in [0, 0.05) is 30.3 Å². The Kier molecular flexibility index (Phi) is 2.41. The van der Waals surface area contributed by atoms with Crippen LogP contribution < -0.4 is 10.5 Å². The summed E-state index contributed by atoms with van der Waals surface area (Å²) in [6.07, 6.45) is 5.57. The van der Waals surface area contributed by atoms with Crippen molar-refractivity contribution in [2.45, 2.75) is 6.92 Å². The number of nitrogen functional groups attached to an aromatic ring is 1. The number of nitrogens with zero attached hydrogens (tertiary/aromatic N) is 2. The molecule has 0 aliphatic heterocycles. The number of pyridine rings is 1. The maximum Gasteiger partial charge on any atom is 0.140 e. The molecule has 0 spiro atoms. The van der Waals surface area contributed by atoms with Gasteiger partial charge in [0.2, 0.25) is 0 Å². The third-order valence-electron chi connectivity index (χ3n) is 2.80. The summed E-state index contributed by atoms with van der Waals surface area (Å²) in [5, 5.41) is 0. The van der Waals surface area contributed by atoms with E-state index in [0.29, 0.717) is 0 Å². The van der Waals surface area contributed by atoms with Crippen LogP contribution in [-0.4, -0.2) is 9.38 Å². The summed E-state index contributed by atoms with van der Waals surface area (Å²) < 4.78 is 7.77. The summed E-state index contributed by atoms with van der Waals surface area (Å²) in [5.74, 6) is 1.57. The Morgan fingerprint density at radius 1 is 1.17 bits per heavy atom. The number of rotatable bonds is 2. The van der Waals surface area contributed by atoms with Gasteiger partial charge in [0.1, 0.15) is 17.1 Å². The monoisotopic (exact) mass is 239 g/mol. The van der Waals surface area contributed by atoms with E-state index in [1.54, 1.807) is 6.20 Å². The molecule has 4 heteroatoms. The zero-order valence-corrected chi connectivity index (χ0v) is 10.00. The van der Waals surface area contributed by atoms with E-state index in [2.05, 4.69) is 4.98 Å². The lowest BCUT2D eigenvalue weighted by Gasteiger charge is -2.09. The molecular formula is C14H13N3O. The average molecular weight is 239 g/mol. The van der Waals surface area contributed by atoms with Crippen molar-refractivity contribution in [3.05, 3.63) is 54.5 Å². The minimum atomic E-state index is 0.739. The van der Waals surface area contributed by atoms with Crippen molar-refractivity contribution >= 4 is 11.3 Å². The molecule has 90 valence electrons. The van der Waals surface area contributed by atoms with Gasteiger partial charge < -0.3 is 14.9 Å². The fourth-order valence-electron chi connectivity index (χ4n) is 1.87. The van der Waals surface area contributed by atoms with Crippen molar-refractivity contribution < 1.29 is 4.74 Å². The minimum Gasteiger partial charge on any atom is -0.457 e. The number of imidazole rings is 1. The standard InChI is InChI=1S/C14H13N3O/c1-10-8-11(15)2-3-13(10)18-12-4-6-17-7-5-16-14(17)9-12/h2-9H,15H2,1H3. The first-order valence-corrected chi connectivity index (χ1v) is 5.69. The molecule has 0 saturated carbocycles.